The van der Waals surface area contributed by atoms with Crippen LogP contribution >= 0.6 is 0 Å². The Hall–Kier alpha value is -2.52. The summed E-state index contributed by atoms with van der Waals surface area (Å²) in [6.45, 7) is 3.26. The summed E-state index contributed by atoms with van der Waals surface area (Å²) < 4.78 is 5.57. The van der Waals surface area contributed by atoms with Crippen molar-refractivity contribution in [2.45, 2.75) is 25.5 Å². The van der Waals surface area contributed by atoms with Gasteiger partial charge in [-0.25, -0.2) is 0 Å². The van der Waals surface area contributed by atoms with Gasteiger partial charge in [0.2, 0.25) is 6.41 Å². The van der Waals surface area contributed by atoms with Crippen molar-refractivity contribution in [2.24, 2.45) is 0 Å². The van der Waals surface area contributed by atoms with E-state index in [1.165, 1.54) is 4.90 Å². The van der Waals surface area contributed by atoms with Crippen LogP contribution in [0.3, 0.4) is 0 Å². The van der Waals surface area contributed by atoms with Crippen LogP contribution in [0.15, 0.2) is 18.2 Å². The third kappa shape index (κ3) is 3.57. The van der Waals surface area contributed by atoms with Gasteiger partial charge in [0.25, 0.3) is 5.91 Å². The highest BCUT2D eigenvalue weighted by atomic mass is 16.5. The summed E-state index contributed by atoms with van der Waals surface area (Å²) in [7, 11) is 1.61. The van der Waals surface area contributed by atoms with Gasteiger partial charge in [0, 0.05) is 12.6 Å². The number of likely N-dealkylation sites (N-methyl/N-ethyl adjacent to an activating group) is 1. The first-order chi connectivity index (χ1) is 10.3. The van der Waals surface area contributed by atoms with Crippen molar-refractivity contribution in [3.05, 3.63) is 23.8 Å². The van der Waals surface area contributed by atoms with E-state index in [0.717, 1.165) is 0 Å². The SMILES string of the molecule is CN1C(=O)[C@@H](NC=O)COc2ccc(C#CC(C)(C)O)cc21. The minimum atomic E-state index is -1.09. The number of anilines is 1. The van der Waals surface area contributed by atoms with Gasteiger partial charge in [0.1, 0.15) is 24.0 Å². The number of fused-ring (bicyclic) bond motifs is 1. The fourth-order valence-electron chi connectivity index (χ4n) is 2.00. The lowest BCUT2D eigenvalue weighted by Gasteiger charge is -2.19. The second-order valence-electron chi connectivity index (χ2n) is 5.54. The summed E-state index contributed by atoms with van der Waals surface area (Å²) in [5, 5.41) is 12.1. The highest BCUT2D eigenvalue weighted by Gasteiger charge is 2.28. The van der Waals surface area contributed by atoms with Gasteiger partial charge in [-0.15, -0.1) is 0 Å². The lowest BCUT2D eigenvalue weighted by atomic mass is 10.1. The summed E-state index contributed by atoms with van der Waals surface area (Å²) in [6, 6.07) is 4.47. The zero-order chi connectivity index (χ0) is 16.3. The van der Waals surface area contributed by atoms with E-state index >= 15 is 0 Å². The van der Waals surface area contributed by atoms with E-state index in [-0.39, 0.29) is 12.5 Å². The Kier molecular flexibility index (Phi) is 4.38. The summed E-state index contributed by atoms with van der Waals surface area (Å²) in [4.78, 5) is 24.3. The highest BCUT2D eigenvalue weighted by Crippen LogP contribution is 2.31. The molecule has 0 spiro atoms. The molecule has 0 radical (unpaired) electrons. The minimum absolute atomic E-state index is 0.0730. The van der Waals surface area contributed by atoms with Gasteiger partial charge in [-0.2, -0.15) is 0 Å². The Bertz CT molecular complexity index is 652. The quantitative estimate of drug-likeness (QED) is 0.607. The molecule has 1 aromatic rings. The van der Waals surface area contributed by atoms with Gasteiger partial charge in [-0.05, 0) is 32.0 Å². The summed E-state index contributed by atoms with van der Waals surface area (Å²) >= 11 is 0. The average Bonchev–Trinajstić information content (AvgIpc) is 2.57. The second-order valence-corrected chi connectivity index (χ2v) is 5.54. The van der Waals surface area contributed by atoms with E-state index in [1.54, 1.807) is 39.1 Å². The molecular weight excluding hydrogens is 284 g/mol. The van der Waals surface area contributed by atoms with Crippen molar-refractivity contribution >= 4 is 18.0 Å². The van der Waals surface area contributed by atoms with Crippen molar-refractivity contribution in [1.82, 2.24) is 5.32 Å². The molecule has 22 heavy (non-hydrogen) atoms. The minimum Gasteiger partial charge on any atom is -0.489 e. The molecule has 6 nitrogen and oxygen atoms in total. The molecule has 0 saturated heterocycles. The molecule has 2 rings (SSSR count). The van der Waals surface area contributed by atoms with Crippen LogP contribution in [0.5, 0.6) is 5.75 Å². The number of carbonyl (C=O) groups is 2. The molecular formula is C16H18N2O4. The van der Waals surface area contributed by atoms with Gasteiger partial charge in [-0.1, -0.05) is 11.8 Å². The van der Waals surface area contributed by atoms with E-state index in [0.29, 0.717) is 23.4 Å². The number of benzene rings is 1. The molecule has 0 aliphatic carbocycles. The first-order valence-electron chi connectivity index (χ1n) is 6.81. The van der Waals surface area contributed by atoms with E-state index < -0.39 is 11.6 Å². The fourth-order valence-corrected chi connectivity index (χ4v) is 2.00. The maximum absolute atomic E-state index is 12.3. The summed E-state index contributed by atoms with van der Waals surface area (Å²) in [6.07, 6.45) is 0.482. The molecule has 1 aliphatic rings. The van der Waals surface area contributed by atoms with Gasteiger partial charge >= 0.3 is 0 Å². The van der Waals surface area contributed by atoms with Crippen molar-refractivity contribution in [1.29, 1.82) is 0 Å². The largest absolute Gasteiger partial charge is 0.489 e. The first kappa shape index (κ1) is 15.9. The first-order valence-corrected chi connectivity index (χ1v) is 6.81. The van der Waals surface area contributed by atoms with Crippen LogP contribution in [-0.2, 0) is 9.59 Å². The van der Waals surface area contributed by atoms with Gasteiger partial charge in [0.05, 0.1) is 5.69 Å². The number of aliphatic hydroxyl groups is 1. The molecule has 1 heterocycles. The summed E-state index contributed by atoms with van der Waals surface area (Å²) in [5.41, 5.74) is 0.137. The van der Waals surface area contributed by atoms with E-state index in [9.17, 15) is 14.7 Å². The van der Waals surface area contributed by atoms with Crippen LogP contribution in [0, 0.1) is 11.8 Å². The fraction of sp³-hybridized carbons (Fsp3) is 0.375. The molecule has 0 fully saturated rings. The predicted molar refractivity (Wildman–Crippen MR) is 81.5 cm³/mol. The molecule has 1 atom stereocenters. The summed E-state index contributed by atoms with van der Waals surface area (Å²) in [5.74, 6) is 5.86. The molecule has 1 aliphatic heterocycles. The third-order valence-electron chi connectivity index (χ3n) is 3.14. The Labute approximate surface area is 129 Å². The Morgan fingerprint density at radius 3 is 2.86 bits per heavy atom. The molecule has 1 aromatic carbocycles. The van der Waals surface area contributed by atoms with Crippen LogP contribution in [0.25, 0.3) is 0 Å². The van der Waals surface area contributed by atoms with Crippen LogP contribution in [0.2, 0.25) is 0 Å². The molecule has 6 heteroatoms. The molecule has 2 amide bonds. The average molecular weight is 302 g/mol. The van der Waals surface area contributed by atoms with E-state index in [2.05, 4.69) is 17.2 Å². The lowest BCUT2D eigenvalue weighted by molar-refractivity contribution is -0.123. The van der Waals surface area contributed by atoms with Crippen molar-refractivity contribution < 1.29 is 19.4 Å². The van der Waals surface area contributed by atoms with E-state index in [1.807, 2.05) is 0 Å². The van der Waals surface area contributed by atoms with Crippen molar-refractivity contribution in [3.63, 3.8) is 0 Å². The number of amides is 2. The van der Waals surface area contributed by atoms with Crippen LogP contribution < -0.4 is 15.0 Å². The van der Waals surface area contributed by atoms with Gasteiger partial charge in [0.15, 0.2) is 0 Å². The van der Waals surface area contributed by atoms with Crippen LogP contribution in [0.1, 0.15) is 19.4 Å². The molecule has 0 unspecified atom stereocenters. The number of hydrogen-bond donors (Lipinski definition) is 2. The number of hydrogen-bond acceptors (Lipinski definition) is 4. The number of nitrogens with one attached hydrogen (secondary N) is 1. The predicted octanol–water partition coefficient (Wildman–Crippen LogP) is 0.279. The molecule has 0 bridgehead atoms. The third-order valence-corrected chi connectivity index (χ3v) is 3.14. The highest BCUT2D eigenvalue weighted by molar-refractivity contribution is 5.99. The van der Waals surface area contributed by atoms with Crippen molar-refractivity contribution in [2.75, 3.05) is 18.6 Å². The normalized spacial score (nSPS) is 17.5. The van der Waals surface area contributed by atoms with Crippen LogP contribution in [-0.4, -0.2) is 42.7 Å². The van der Waals surface area contributed by atoms with E-state index in [4.69, 9.17) is 4.74 Å². The zero-order valence-corrected chi connectivity index (χ0v) is 12.7. The van der Waals surface area contributed by atoms with Crippen molar-refractivity contribution in [3.8, 4) is 17.6 Å². The lowest BCUT2D eigenvalue weighted by Crippen LogP contribution is -2.46. The Balaban J connectivity index is 2.35. The number of carbonyl (C=O) groups excluding carboxylic acids is 2. The smallest absolute Gasteiger partial charge is 0.252 e. The number of nitrogens with zero attached hydrogens (tertiary/aromatic N) is 1. The monoisotopic (exact) mass is 302 g/mol. The molecule has 116 valence electrons. The zero-order valence-electron chi connectivity index (χ0n) is 12.7. The van der Waals surface area contributed by atoms with Gasteiger partial charge < -0.3 is 20.1 Å². The molecule has 0 saturated carbocycles. The second kappa shape index (κ2) is 6.08. The van der Waals surface area contributed by atoms with Crippen LogP contribution in [0.4, 0.5) is 5.69 Å². The number of ether oxygens (including phenoxy) is 1. The molecule has 2 N–H and O–H groups in total. The molecule has 0 aromatic heterocycles. The standard InChI is InChI=1S/C16H18N2O4/c1-16(2,21)7-6-11-4-5-14-13(8-11)18(3)15(20)12(9-22-14)17-10-19/h4-5,8,10,12,21H,9H2,1-3H3,(H,17,19)/t12-/m0/s1. The Morgan fingerprint density at radius 2 is 2.23 bits per heavy atom. The Morgan fingerprint density at radius 1 is 1.50 bits per heavy atom. The van der Waals surface area contributed by atoms with Gasteiger partial charge in [-0.3, -0.25) is 9.59 Å². The topological polar surface area (TPSA) is 78.9 Å². The maximum Gasteiger partial charge on any atom is 0.252 e. The number of rotatable bonds is 2. The maximum atomic E-state index is 12.3.